The minimum absolute atomic E-state index is 0.185. The maximum atomic E-state index is 12.0. The Balaban J connectivity index is 2.00. The maximum absolute atomic E-state index is 12.0. The summed E-state index contributed by atoms with van der Waals surface area (Å²) in [4.78, 5) is 23.8. The Kier molecular flexibility index (Phi) is 5.36. The van der Waals surface area contributed by atoms with Crippen molar-refractivity contribution in [3.8, 4) is 0 Å². The summed E-state index contributed by atoms with van der Waals surface area (Å²) in [7, 11) is 0. The van der Waals surface area contributed by atoms with E-state index < -0.39 is 12.1 Å². The van der Waals surface area contributed by atoms with Gasteiger partial charge in [-0.25, -0.2) is 4.79 Å². The first-order valence-electron chi connectivity index (χ1n) is 7.44. The number of benzene rings is 2. The zero-order valence-corrected chi connectivity index (χ0v) is 12.8. The number of hydrogen-bond acceptors (Lipinski definition) is 2. The van der Waals surface area contributed by atoms with Gasteiger partial charge in [0, 0.05) is 11.9 Å². The number of nitrogens with one attached hydrogen (secondary N) is 3. The zero-order chi connectivity index (χ0) is 15.9. The van der Waals surface area contributed by atoms with Gasteiger partial charge in [-0.15, -0.1) is 0 Å². The minimum Gasteiger partial charge on any atom is -0.354 e. The van der Waals surface area contributed by atoms with Crippen molar-refractivity contribution in [2.24, 2.45) is 0 Å². The predicted octanol–water partition coefficient (Wildman–Crippen LogP) is 2.88. The van der Waals surface area contributed by atoms with E-state index in [4.69, 9.17) is 0 Å². The Hall–Kier alpha value is -2.56. The highest BCUT2D eigenvalue weighted by atomic mass is 16.2. The fraction of sp³-hybridized carbons (Fsp3) is 0.294. The Labute approximate surface area is 130 Å². The second-order valence-corrected chi connectivity index (χ2v) is 5.14. The summed E-state index contributed by atoms with van der Waals surface area (Å²) < 4.78 is 0. The van der Waals surface area contributed by atoms with Gasteiger partial charge in [0.05, 0.1) is 5.69 Å². The molecule has 0 saturated carbocycles. The molecule has 0 aromatic heterocycles. The van der Waals surface area contributed by atoms with Gasteiger partial charge in [0.2, 0.25) is 5.91 Å². The van der Waals surface area contributed by atoms with Crippen LogP contribution in [0.2, 0.25) is 0 Å². The van der Waals surface area contributed by atoms with Crippen LogP contribution in [-0.4, -0.2) is 24.5 Å². The van der Waals surface area contributed by atoms with Crippen LogP contribution in [0.15, 0.2) is 42.5 Å². The predicted molar refractivity (Wildman–Crippen MR) is 88.9 cm³/mol. The van der Waals surface area contributed by atoms with Crippen LogP contribution < -0.4 is 16.0 Å². The van der Waals surface area contributed by atoms with E-state index >= 15 is 0 Å². The number of fused-ring (bicyclic) bond motifs is 1. The summed E-state index contributed by atoms with van der Waals surface area (Å²) in [6.45, 7) is 4.25. The van der Waals surface area contributed by atoms with Crippen molar-refractivity contribution in [1.29, 1.82) is 0 Å². The van der Waals surface area contributed by atoms with Crippen molar-refractivity contribution in [2.45, 2.75) is 26.3 Å². The van der Waals surface area contributed by atoms with Gasteiger partial charge in [0.25, 0.3) is 0 Å². The molecule has 0 saturated heterocycles. The van der Waals surface area contributed by atoms with E-state index in [0.717, 1.165) is 22.9 Å². The highest BCUT2D eigenvalue weighted by Crippen LogP contribution is 2.22. The molecule has 22 heavy (non-hydrogen) atoms. The van der Waals surface area contributed by atoms with Gasteiger partial charge in [0.15, 0.2) is 0 Å². The van der Waals surface area contributed by atoms with Crippen LogP contribution in [0.3, 0.4) is 0 Å². The van der Waals surface area contributed by atoms with Crippen molar-refractivity contribution < 1.29 is 9.59 Å². The molecular weight excluding hydrogens is 278 g/mol. The van der Waals surface area contributed by atoms with Crippen LogP contribution in [-0.2, 0) is 4.79 Å². The molecule has 2 aromatic carbocycles. The molecule has 5 nitrogen and oxygen atoms in total. The average Bonchev–Trinajstić information content (AvgIpc) is 2.52. The summed E-state index contributed by atoms with van der Waals surface area (Å²) in [5.41, 5.74) is 0.719. The number of carbonyl (C=O) groups is 2. The molecule has 2 rings (SSSR count). The molecule has 0 radical (unpaired) electrons. The Morgan fingerprint density at radius 1 is 1.09 bits per heavy atom. The van der Waals surface area contributed by atoms with Crippen molar-refractivity contribution in [1.82, 2.24) is 10.6 Å². The number of hydrogen-bond donors (Lipinski definition) is 3. The first-order chi connectivity index (χ1) is 10.6. The van der Waals surface area contributed by atoms with Crippen LogP contribution in [0.4, 0.5) is 10.5 Å². The maximum Gasteiger partial charge on any atom is 0.319 e. The fourth-order valence-corrected chi connectivity index (χ4v) is 2.16. The highest BCUT2D eigenvalue weighted by molar-refractivity contribution is 6.02. The summed E-state index contributed by atoms with van der Waals surface area (Å²) in [5, 5.41) is 10.2. The van der Waals surface area contributed by atoms with E-state index in [-0.39, 0.29) is 5.91 Å². The minimum atomic E-state index is -0.582. The van der Waals surface area contributed by atoms with Gasteiger partial charge in [-0.05, 0) is 24.8 Å². The van der Waals surface area contributed by atoms with Gasteiger partial charge in [-0.1, -0.05) is 43.3 Å². The van der Waals surface area contributed by atoms with Gasteiger partial charge < -0.3 is 16.0 Å². The Morgan fingerprint density at radius 2 is 1.82 bits per heavy atom. The van der Waals surface area contributed by atoms with E-state index in [9.17, 15) is 9.59 Å². The number of amides is 3. The van der Waals surface area contributed by atoms with Crippen LogP contribution in [0.25, 0.3) is 10.8 Å². The first-order valence-corrected chi connectivity index (χ1v) is 7.44. The number of carbonyl (C=O) groups excluding carboxylic acids is 2. The normalized spacial score (nSPS) is 11.7. The molecule has 1 atom stereocenters. The van der Waals surface area contributed by atoms with Gasteiger partial charge in [0.1, 0.15) is 6.04 Å². The lowest BCUT2D eigenvalue weighted by atomic mass is 10.1. The third-order valence-corrected chi connectivity index (χ3v) is 3.33. The lowest BCUT2D eigenvalue weighted by Crippen LogP contribution is -2.46. The second kappa shape index (κ2) is 7.45. The van der Waals surface area contributed by atoms with E-state index in [0.29, 0.717) is 6.54 Å². The zero-order valence-electron chi connectivity index (χ0n) is 12.8. The molecule has 0 aliphatic rings. The first kappa shape index (κ1) is 15.8. The van der Waals surface area contributed by atoms with Crippen molar-refractivity contribution in [3.05, 3.63) is 42.5 Å². The van der Waals surface area contributed by atoms with Crippen LogP contribution in [0.1, 0.15) is 20.3 Å². The monoisotopic (exact) mass is 299 g/mol. The number of anilines is 1. The number of rotatable bonds is 5. The molecule has 0 bridgehead atoms. The molecular formula is C17H21N3O2. The van der Waals surface area contributed by atoms with Crippen molar-refractivity contribution >= 4 is 28.4 Å². The Bertz CT molecular complexity index is 665. The van der Waals surface area contributed by atoms with Gasteiger partial charge in [-0.2, -0.15) is 0 Å². The summed E-state index contributed by atoms with van der Waals surface area (Å²) in [6, 6.07) is 12.5. The third-order valence-electron chi connectivity index (χ3n) is 3.33. The average molecular weight is 299 g/mol. The molecule has 2 aromatic rings. The van der Waals surface area contributed by atoms with Crippen LogP contribution in [0.5, 0.6) is 0 Å². The summed E-state index contributed by atoms with van der Waals surface area (Å²) in [5.74, 6) is -0.185. The lowest BCUT2D eigenvalue weighted by molar-refractivity contribution is -0.122. The standard InChI is InChI=1S/C17H21N3O2/c1-3-11-18-16(21)12(2)19-17(22)20-15-10-6-8-13-7-4-5-9-14(13)15/h4-10,12H,3,11H2,1-2H3,(H,18,21)(H2,19,20,22). The Morgan fingerprint density at radius 3 is 2.59 bits per heavy atom. The lowest BCUT2D eigenvalue weighted by Gasteiger charge is -2.15. The van der Waals surface area contributed by atoms with Crippen molar-refractivity contribution in [3.63, 3.8) is 0 Å². The smallest absolute Gasteiger partial charge is 0.319 e. The molecule has 5 heteroatoms. The molecule has 0 spiro atoms. The van der Waals surface area contributed by atoms with Crippen LogP contribution in [0, 0.1) is 0 Å². The molecule has 1 unspecified atom stereocenters. The quantitative estimate of drug-likeness (QED) is 0.794. The SMILES string of the molecule is CCCNC(=O)C(C)NC(=O)Nc1cccc2ccccc12. The third kappa shape index (κ3) is 3.97. The van der Waals surface area contributed by atoms with E-state index in [1.165, 1.54) is 0 Å². The van der Waals surface area contributed by atoms with E-state index in [2.05, 4.69) is 16.0 Å². The molecule has 0 fully saturated rings. The fourth-order valence-electron chi connectivity index (χ4n) is 2.16. The van der Waals surface area contributed by atoms with Gasteiger partial charge >= 0.3 is 6.03 Å². The van der Waals surface area contributed by atoms with Gasteiger partial charge in [-0.3, -0.25) is 4.79 Å². The highest BCUT2D eigenvalue weighted by Gasteiger charge is 2.15. The molecule has 0 heterocycles. The number of urea groups is 1. The molecule has 0 aliphatic heterocycles. The molecule has 0 aliphatic carbocycles. The largest absolute Gasteiger partial charge is 0.354 e. The van der Waals surface area contributed by atoms with Crippen molar-refractivity contribution in [2.75, 3.05) is 11.9 Å². The molecule has 3 N–H and O–H groups in total. The van der Waals surface area contributed by atoms with Crippen LogP contribution >= 0.6 is 0 Å². The second-order valence-electron chi connectivity index (χ2n) is 5.14. The summed E-state index contributed by atoms with van der Waals surface area (Å²) >= 11 is 0. The molecule has 3 amide bonds. The van der Waals surface area contributed by atoms with E-state index in [1.54, 1.807) is 6.92 Å². The topological polar surface area (TPSA) is 70.2 Å². The molecule has 116 valence electrons. The summed E-state index contributed by atoms with van der Waals surface area (Å²) in [6.07, 6.45) is 0.862. The van der Waals surface area contributed by atoms with E-state index in [1.807, 2.05) is 49.4 Å².